The second kappa shape index (κ2) is 4.60. The van der Waals surface area contributed by atoms with E-state index in [9.17, 15) is 10.2 Å². The Hall–Kier alpha value is -1.30. The van der Waals surface area contributed by atoms with Crippen molar-refractivity contribution in [1.82, 2.24) is 4.98 Å². The summed E-state index contributed by atoms with van der Waals surface area (Å²) in [6.45, 7) is 0. The van der Waals surface area contributed by atoms with E-state index in [-0.39, 0.29) is 5.41 Å². The molecule has 5 heteroatoms. The molecule has 0 radical (unpaired) electrons. The highest BCUT2D eigenvalue weighted by Crippen LogP contribution is 2.65. The van der Waals surface area contributed by atoms with E-state index < -0.39 is 12.2 Å². The molecular formula is C16H18N2O2S. The van der Waals surface area contributed by atoms with E-state index in [0.29, 0.717) is 11.7 Å². The molecule has 0 amide bonds. The molecule has 2 saturated carbocycles. The number of fused-ring (bicyclic) bond motifs is 2. The van der Waals surface area contributed by atoms with Crippen molar-refractivity contribution in [2.75, 3.05) is 11.5 Å². The van der Waals surface area contributed by atoms with E-state index in [1.165, 1.54) is 0 Å². The van der Waals surface area contributed by atoms with Gasteiger partial charge in [-0.3, -0.25) is 0 Å². The summed E-state index contributed by atoms with van der Waals surface area (Å²) in [7, 11) is 0. The quantitative estimate of drug-likeness (QED) is 0.756. The molecule has 1 aromatic carbocycles. The minimum Gasteiger partial charge on any atom is -0.390 e. The highest BCUT2D eigenvalue weighted by Gasteiger charge is 2.65. The predicted molar refractivity (Wildman–Crippen MR) is 84.1 cm³/mol. The Balaban J connectivity index is 1.53. The van der Waals surface area contributed by atoms with E-state index in [4.69, 9.17) is 5.73 Å². The maximum Gasteiger partial charge on any atom is 0.124 e. The highest BCUT2D eigenvalue weighted by molar-refractivity contribution is 7.99. The number of pyridine rings is 1. The normalized spacial score (nSPS) is 34.1. The van der Waals surface area contributed by atoms with Crippen molar-refractivity contribution >= 4 is 28.5 Å². The number of hydrogen-bond donors (Lipinski definition) is 3. The third kappa shape index (κ3) is 2.11. The number of nitrogen functional groups attached to an aromatic ring is 1. The van der Waals surface area contributed by atoms with Gasteiger partial charge in [0.15, 0.2) is 0 Å². The molecule has 4 nitrogen and oxygen atoms in total. The fraction of sp³-hybridized carbons (Fsp3) is 0.438. The van der Waals surface area contributed by atoms with Gasteiger partial charge in [-0.15, -0.1) is 11.8 Å². The van der Waals surface area contributed by atoms with Crippen LogP contribution in [0.1, 0.15) is 12.8 Å². The van der Waals surface area contributed by atoms with Crippen LogP contribution in [0.2, 0.25) is 0 Å². The average Bonchev–Trinajstić information content (AvgIpc) is 3.11. The van der Waals surface area contributed by atoms with Crippen LogP contribution < -0.4 is 5.73 Å². The van der Waals surface area contributed by atoms with Crippen molar-refractivity contribution in [2.24, 2.45) is 11.3 Å². The summed E-state index contributed by atoms with van der Waals surface area (Å²) in [4.78, 5) is 5.48. The zero-order chi connectivity index (χ0) is 14.6. The standard InChI is InChI=1S/C16H18N2O2S/c17-14-4-2-9-1-3-11(6-12(9)18-14)21-8-16-7-10(16)5-13(19)15(16)20/h1-4,6,10,13,15,19-20H,5,7-8H2,(H2,17,18). The van der Waals surface area contributed by atoms with Gasteiger partial charge in [0.1, 0.15) is 5.82 Å². The third-order valence-corrected chi connectivity index (χ3v) is 6.22. The number of aromatic nitrogens is 1. The lowest BCUT2D eigenvalue weighted by Gasteiger charge is -2.20. The van der Waals surface area contributed by atoms with Crippen LogP contribution in [0.15, 0.2) is 35.2 Å². The fourth-order valence-corrected chi connectivity index (χ4v) is 4.88. The van der Waals surface area contributed by atoms with E-state index in [2.05, 4.69) is 11.1 Å². The van der Waals surface area contributed by atoms with Crippen molar-refractivity contribution < 1.29 is 10.2 Å². The number of nitrogens with zero attached hydrogens (tertiary/aromatic N) is 1. The minimum atomic E-state index is -0.566. The summed E-state index contributed by atoms with van der Waals surface area (Å²) in [5.74, 6) is 1.87. The molecule has 0 saturated heterocycles. The number of aliphatic hydroxyl groups excluding tert-OH is 2. The monoisotopic (exact) mass is 302 g/mol. The number of nitrogens with two attached hydrogens (primary N) is 1. The van der Waals surface area contributed by atoms with E-state index in [0.717, 1.165) is 34.4 Å². The molecular weight excluding hydrogens is 284 g/mol. The molecule has 21 heavy (non-hydrogen) atoms. The highest BCUT2D eigenvalue weighted by atomic mass is 32.2. The molecule has 4 N–H and O–H groups in total. The Labute approximate surface area is 127 Å². The Morgan fingerprint density at radius 3 is 2.86 bits per heavy atom. The summed E-state index contributed by atoms with van der Waals surface area (Å²) in [5, 5.41) is 21.0. The van der Waals surface area contributed by atoms with Crippen LogP contribution in [0.3, 0.4) is 0 Å². The van der Waals surface area contributed by atoms with Gasteiger partial charge >= 0.3 is 0 Å². The first-order chi connectivity index (χ1) is 10.1. The Bertz CT molecular complexity index is 708. The number of anilines is 1. The van der Waals surface area contributed by atoms with Gasteiger partial charge in [0.2, 0.25) is 0 Å². The number of thioether (sulfide) groups is 1. The molecule has 2 fully saturated rings. The Morgan fingerprint density at radius 1 is 1.29 bits per heavy atom. The summed E-state index contributed by atoms with van der Waals surface area (Å²) < 4.78 is 0. The first-order valence-electron chi connectivity index (χ1n) is 7.24. The lowest BCUT2D eigenvalue weighted by molar-refractivity contribution is 0.00395. The van der Waals surface area contributed by atoms with E-state index >= 15 is 0 Å². The topological polar surface area (TPSA) is 79.4 Å². The molecule has 110 valence electrons. The van der Waals surface area contributed by atoms with E-state index in [1.807, 2.05) is 18.2 Å². The molecule has 0 spiro atoms. The second-order valence-electron chi connectivity index (χ2n) is 6.26. The average molecular weight is 302 g/mol. The van der Waals surface area contributed by atoms with Crippen molar-refractivity contribution in [3.05, 3.63) is 30.3 Å². The van der Waals surface area contributed by atoms with Crippen molar-refractivity contribution in [3.8, 4) is 0 Å². The zero-order valence-corrected chi connectivity index (χ0v) is 12.4. The first kappa shape index (κ1) is 13.4. The van der Waals surface area contributed by atoms with Gasteiger partial charge in [-0.1, -0.05) is 6.07 Å². The van der Waals surface area contributed by atoms with Gasteiger partial charge in [0.05, 0.1) is 17.7 Å². The predicted octanol–water partition coefficient (Wildman–Crippen LogP) is 2.04. The minimum absolute atomic E-state index is 0.0673. The van der Waals surface area contributed by atoms with Gasteiger partial charge in [-0.05, 0) is 43.0 Å². The number of benzene rings is 1. The molecule has 4 unspecified atom stereocenters. The first-order valence-corrected chi connectivity index (χ1v) is 8.22. The lowest BCUT2D eigenvalue weighted by Crippen LogP contribution is -2.31. The molecule has 2 aliphatic rings. The fourth-order valence-electron chi connectivity index (χ4n) is 3.57. The van der Waals surface area contributed by atoms with Gasteiger partial charge in [0, 0.05) is 21.4 Å². The van der Waals surface area contributed by atoms with Crippen LogP contribution in [0.5, 0.6) is 0 Å². The van der Waals surface area contributed by atoms with Crippen molar-refractivity contribution in [2.45, 2.75) is 29.9 Å². The van der Waals surface area contributed by atoms with Crippen LogP contribution in [0, 0.1) is 11.3 Å². The maximum absolute atomic E-state index is 10.2. The van der Waals surface area contributed by atoms with Gasteiger partial charge < -0.3 is 15.9 Å². The third-order valence-electron chi connectivity index (χ3n) is 4.95. The van der Waals surface area contributed by atoms with Crippen LogP contribution in [-0.2, 0) is 0 Å². The number of aliphatic hydroxyl groups is 2. The SMILES string of the molecule is Nc1ccc2ccc(SCC34CC3CC(O)C4O)cc2n1. The van der Waals surface area contributed by atoms with Crippen LogP contribution in [0.4, 0.5) is 5.82 Å². The number of rotatable bonds is 3. The van der Waals surface area contributed by atoms with Crippen molar-refractivity contribution in [1.29, 1.82) is 0 Å². The molecule has 1 aromatic heterocycles. The van der Waals surface area contributed by atoms with Crippen LogP contribution in [-0.4, -0.2) is 33.2 Å². The van der Waals surface area contributed by atoms with Gasteiger partial charge in [-0.2, -0.15) is 0 Å². The summed E-state index contributed by atoms with van der Waals surface area (Å²) in [6.07, 6.45) is 0.681. The molecule has 1 heterocycles. The Kier molecular flexibility index (Phi) is 2.93. The maximum atomic E-state index is 10.2. The van der Waals surface area contributed by atoms with Gasteiger partial charge in [0.25, 0.3) is 0 Å². The molecule has 2 aromatic rings. The molecule has 0 aliphatic heterocycles. The molecule has 4 atom stereocenters. The molecule has 0 bridgehead atoms. The summed E-state index contributed by atoms with van der Waals surface area (Å²) in [6, 6.07) is 9.95. The number of hydrogen-bond acceptors (Lipinski definition) is 5. The van der Waals surface area contributed by atoms with Crippen LogP contribution >= 0.6 is 11.8 Å². The molecule has 2 aliphatic carbocycles. The smallest absolute Gasteiger partial charge is 0.124 e. The van der Waals surface area contributed by atoms with Crippen molar-refractivity contribution in [3.63, 3.8) is 0 Å². The Morgan fingerprint density at radius 2 is 2.10 bits per heavy atom. The summed E-state index contributed by atoms with van der Waals surface area (Å²) >= 11 is 1.73. The second-order valence-corrected chi connectivity index (χ2v) is 7.31. The summed E-state index contributed by atoms with van der Waals surface area (Å²) in [5.41, 5.74) is 6.56. The zero-order valence-electron chi connectivity index (χ0n) is 11.6. The molecule has 4 rings (SSSR count). The van der Waals surface area contributed by atoms with E-state index in [1.54, 1.807) is 17.8 Å². The van der Waals surface area contributed by atoms with Crippen LogP contribution in [0.25, 0.3) is 10.9 Å². The lowest BCUT2D eigenvalue weighted by atomic mass is 10.0. The van der Waals surface area contributed by atoms with Gasteiger partial charge in [-0.25, -0.2) is 4.98 Å². The largest absolute Gasteiger partial charge is 0.390 e.